The minimum atomic E-state index is -0.627. The predicted molar refractivity (Wildman–Crippen MR) is 143 cm³/mol. The van der Waals surface area contributed by atoms with Gasteiger partial charge in [-0.15, -0.1) is 0 Å². The summed E-state index contributed by atoms with van der Waals surface area (Å²) in [5.41, 5.74) is 5.43. The van der Waals surface area contributed by atoms with E-state index in [1.54, 1.807) is 0 Å². The van der Waals surface area contributed by atoms with Crippen LogP contribution in [0, 0.1) is 24.2 Å². The molecule has 2 aliphatic rings. The first kappa shape index (κ1) is 27.8. The van der Waals surface area contributed by atoms with Gasteiger partial charge < -0.3 is 15.7 Å². The second-order valence-corrected chi connectivity index (χ2v) is 11.4. The molecule has 0 radical (unpaired) electrons. The number of rotatable bonds is 9. The van der Waals surface area contributed by atoms with Crippen LogP contribution in [0.25, 0.3) is 5.57 Å². The van der Waals surface area contributed by atoms with E-state index in [-0.39, 0.29) is 29.9 Å². The minimum Gasteiger partial charge on any atom is -0.393 e. The van der Waals surface area contributed by atoms with Crippen LogP contribution < -0.4 is 10.6 Å². The molecule has 7 heteroatoms. The molecule has 36 heavy (non-hydrogen) atoms. The average molecular weight is 496 g/mol. The molecule has 2 amide bonds. The smallest absolute Gasteiger partial charge is 0.223 e. The van der Waals surface area contributed by atoms with Crippen LogP contribution >= 0.6 is 0 Å². The number of aliphatic hydroxyl groups excluding tert-OH is 1. The largest absolute Gasteiger partial charge is 0.393 e. The Hall–Kier alpha value is -2.80. The van der Waals surface area contributed by atoms with E-state index in [9.17, 15) is 19.5 Å². The second-order valence-electron chi connectivity index (χ2n) is 11.4. The molecular weight excluding hydrogens is 454 g/mol. The van der Waals surface area contributed by atoms with E-state index < -0.39 is 23.5 Å². The number of allylic oxidation sites excluding steroid dienone is 2. The molecule has 1 aliphatic carbocycles. The summed E-state index contributed by atoms with van der Waals surface area (Å²) in [7, 11) is 0. The van der Waals surface area contributed by atoms with Crippen LogP contribution in [0.15, 0.2) is 28.9 Å². The zero-order valence-electron chi connectivity index (χ0n) is 22.5. The number of nitrogens with zero attached hydrogens (tertiary/aromatic N) is 1. The first-order valence-corrected chi connectivity index (χ1v) is 12.9. The van der Waals surface area contributed by atoms with E-state index in [4.69, 9.17) is 0 Å². The standard InChI is InChI=1S/C29H41N3O4/c1-17-13-21(24-10-12-30-18(24)2)8-7-20(17)9-11-31-28(36)25-16-23(34)14-22(25)15-26(35)27(29(4,5)6)32-19(3)33/h7-8,12-13,22-23,25,27,34H,9-11,14-16H2,1-6H3,(H,31,36)(H,32,33)/t22?,23-,25?,27+/m0/s1. The average Bonchev–Trinajstić information content (AvgIpc) is 3.37. The molecule has 196 valence electrons. The van der Waals surface area contributed by atoms with Crippen molar-refractivity contribution in [1.29, 1.82) is 0 Å². The first-order valence-electron chi connectivity index (χ1n) is 12.9. The number of aryl methyl sites for hydroxylation is 1. The molecule has 1 aromatic carbocycles. The van der Waals surface area contributed by atoms with E-state index in [2.05, 4.69) is 40.7 Å². The van der Waals surface area contributed by atoms with E-state index in [1.807, 2.05) is 33.9 Å². The van der Waals surface area contributed by atoms with Crippen molar-refractivity contribution in [3.05, 3.63) is 40.6 Å². The van der Waals surface area contributed by atoms with Gasteiger partial charge in [-0.3, -0.25) is 19.4 Å². The normalized spacial score (nSPS) is 22.6. The van der Waals surface area contributed by atoms with Gasteiger partial charge in [0.25, 0.3) is 0 Å². The lowest BCUT2D eigenvalue weighted by atomic mass is 9.79. The number of Topliss-reactive ketones (excluding diaryl/α,β-unsaturated/α-hetero) is 1. The number of carbonyl (C=O) groups is 3. The van der Waals surface area contributed by atoms with Crippen LogP contribution in [0.5, 0.6) is 0 Å². The number of aliphatic imine (C=N–C) groups is 1. The van der Waals surface area contributed by atoms with Crippen molar-refractivity contribution in [2.24, 2.45) is 22.2 Å². The Morgan fingerprint density at radius 1 is 1.17 bits per heavy atom. The lowest BCUT2D eigenvalue weighted by Crippen LogP contribution is -2.49. The van der Waals surface area contributed by atoms with Crippen molar-refractivity contribution in [3.8, 4) is 0 Å². The summed E-state index contributed by atoms with van der Waals surface area (Å²) in [6.45, 7) is 11.7. The quantitative estimate of drug-likeness (QED) is 0.485. The summed E-state index contributed by atoms with van der Waals surface area (Å²) in [4.78, 5) is 42.2. The van der Waals surface area contributed by atoms with Gasteiger partial charge in [-0.1, -0.05) is 39.0 Å². The maximum Gasteiger partial charge on any atom is 0.223 e. The highest BCUT2D eigenvalue weighted by Crippen LogP contribution is 2.36. The van der Waals surface area contributed by atoms with Gasteiger partial charge in [-0.25, -0.2) is 0 Å². The number of benzene rings is 1. The number of hydrogen-bond donors (Lipinski definition) is 3. The molecule has 1 heterocycles. The van der Waals surface area contributed by atoms with Crippen molar-refractivity contribution in [3.63, 3.8) is 0 Å². The van der Waals surface area contributed by atoms with E-state index >= 15 is 0 Å². The molecule has 3 rings (SSSR count). The van der Waals surface area contributed by atoms with Gasteiger partial charge in [0.1, 0.15) is 0 Å². The van der Waals surface area contributed by atoms with E-state index in [0.29, 0.717) is 25.8 Å². The molecule has 1 saturated carbocycles. The number of amides is 2. The highest BCUT2D eigenvalue weighted by molar-refractivity contribution is 5.90. The summed E-state index contributed by atoms with van der Waals surface area (Å²) in [6, 6.07) is 5.79. The third kappa shape index (κ3) is 6.90. The molecular formula is C29H41N3O4. The van der Waals surface area contributed by atoms with Gasteiger partial charge in [-0.05, 0) is 66.7 Å². The van der Waals surface area contributed by atoms with Gasteiger partial charge >= 0.3 is 0 Å². The Morgan fingerprint density at radius 2 is 1.89 bits per heavy atom. The predicted octanol–water partition coefficient (Wildman–Crippen LogP) is 3.76. The molecule has 0 saturated heterocycles. The fourth-order valence-electron chi connectivity index (χ4n) is 5.44. The van der Waals surface area contributed by atoms with Crippen LogP contribution in [0.2, 0.25) is 0 Å². The van der Waals surface area contributed by atoms with Gasteiger partial charge in [-0.2, -0.15) is 0 Å². The van der Waals surface area contributed by atoms with E-state index in [0.717, 1.165) is 12.1 Å². The first-order chi connectivity index (χ1) is 16.9. The van der Waals surface area contributed by atoms with E-state index in [1.165, 1.54) is 29.2 Å². The Balaban J connectivity index is 1.58. The molecule has 3 N–H and O–H groups in total. The van der Waals surface area contributed by atoms with Crippen LogP contribution in [0.4, 0.5) is 0 Å². The van der Waals surface area contributed by atoms with Gasteiger partial charge in [0, 0.05) is 44.1 Å². The number of ketones is 1. The molecule has 4 atom stereocenters. The Morgan fingerprint density at radius 3 is 2.47 bits per heavy atom. The number of nitrogens with one attached hydrogen (secondary N) is 2. The Labute approximate surface area is 214 Å². The zero-order chi connectivity index (χ0) is 26.6. The zero-order valence-corrected chi connectivity index (χ0v) is 22.5. The number of carbonyl (C=O) groups excluding carboxylic acids is 3. The summed E-state index contributed by atoms with van der Waals surface area (Å²) in [6.07, 6.45) is 3.84. The monoisotopic (exact) mass is 495 g/mol. The van der Waals surface area contributed by atoms with Crippen molar-refractivity contribution < 1.29 is 19.5 Å². The molecule has 1 aliphatic heterocycles. The maximum atomic E-state index is 13.1. The van der Waals surface area contributed by atoms with Crippen molar-refractivity contribution in [2.75, 3.05) is 6.54 Å². The summed E-state index contributed by atoms with van der Waals surface area (Å²) < 4.78 is 0. The second kappa shape index (κ2) is 11.5. The van der Waals surface area contributed by atoms with Crippen LogP contribution in [-0.4, -0.2) is 47.6 Å². The third-order valence-corrected chi connectivity index (χ3v) is 7.41. The topological polar surface area (TPSA) is 108 Å². The van der Waals surface area contributed by atoms with Crippen LogP contribution in [0.1, 0.15) is 77.0 Å². The third-order valence-electron chi connectivity index (χ3n) is 7.41. The molecule has 1 aromatic rings. The Kier molecular flexibility index (Phi) is 8.88. The lowest BCUT2D eigenvalue weighted by molar-refractivity contribution is -0.131. The maximum absolute atomic E-state index is 13.1. The number of hydrogen-bond acceptors (Lipinski definition) is 5. The minimum absolute atomic E-state index is 0.0941. The number of aliphatic hydroxyl groups is 1. The SMILES string of the molecule is CC(=O)N[C@H](C(=O)CC1C[C@H](O)CC1C(=O)NCCc1ccc(C2=C(C)N=CC2)cc1C)C(C)(C)C. The van der Waals surface area contributed by atoms with Crippen molar-refractivity contribution in [1.82, 2.24) is 10.6 Å². The van der Waals surface area contributed by atoms with Gasteiger partial charge in [0.15, 0.2) is 5.78 Å². The highest BCUT2D eigenvalue weighted by atomic mass is 16.3. The lowest BCUT2D eigenvalue weighted by Gasteiger charge is -2.31. The van der Waals surface area contributed by atoms with Crippen molar-refractivity contribution in [2.45, 2.75) is 85.8 Å². The molecule has 1 fully saturated rings. The Bertz CT molecular complexity index is 1070. The van der Waals surface area contributed by atoms with Crippen LogP contribution in [0.3, 0.4) is 0 Å². The molecule has 2 unspecified atom stereocenters. The van der Waals surface area contributed by atoms with Gasteiger partial charge in [0.2, 0.25) is 11.8 Å². The van der Waals surface area contributed by atoms with Crippen LogP contribution in [-0.2, 0) is 20.8 Å². The summed E-state index contributed by atoms with van der Waals surface area (Å²) in [5.74, 6) is -1.12. The fraction of sp³-hybridized carbons (Fsp3) is 0.586. The van der Waals surface area contributed by atoms with Gasteiger partial charge in [0.05, 0.1) is 12.1 Å². The molecule has 0 spiro atoms. The summed E-state index contributed by atoms with van der Waals surface area (Å²) in [5, 5.41) is 16.1. The molecule has 0 aromatic heterocycles. The van der Waals surface area contributed by atoms with Crippen molar-refractivity contribution >= 4 is 29.4 Å². The highest BCUT2D eigenvalue weighted by Gasteiger charge is 2.41. The fourth-order valence-corrected chi connectivity index (χ4v) is 5.44. The molecule has 7 nitrogen and oxygen atoms in total. The molecule has 0 bridgehead atoms. The summed E-state index contributed by atoms with van der Waals surface area (Å²) >= 11 is 0.